The van der Waals surface area contributed by atoms with E-state index < -0.39 is 0 Å². The zero-order chi connectivity index (χ0) is 9.68. The van der Waals surface area contributed by atoms with Crippen molar-refractivity contribution in [1.29, 1.82) is 0 Å². The summed E-state index contributed by atoms with van der Waals surface area (Å²) in [5.74, 6) is 0.256. The maximum atomic E-state index is 10.9. The molecule has 0 bridgehead atoms. The fourth-order valence-electron chi connectivity index (χ4n) is 0.763. The molecule has 0 aromatic carbocycles. The van der Waals surface area contributed by atoms with Crippen LogP contribution in [0.2, 0.25) is 0 Å². The Morgan fingerprint density at radius 3 is 3.08 bits per heavy atom. The standard InChI is InChI=1S/C8H10N2O3/c1-3-7-9-6(10-13-7)5-8(11)12-4-2/h3H,1,4-5H2,2H3. The first kappa shape index (κ1) is 9.44. The zero-order valence-corrected chi connectivity index (χ0v) is 7.32. The summed E-state index contributed by atoms with van der Waals surface area (Å²) >= 11 is 0. The molecule has 1 aromatic heterocycles. The normalized spacial score (nSPS) is 9.62. The van der Waals surface area contributed by atoms with E-state index in [1.807, 2.05) is 0 Å². The van der Waals surface area contributed by atoms with Crippen molar-refractivity contribution < 1.29 is 14.1 Å². The average molecular weight is 182 g/mol. The van der Waals surface area contributed by atoms with Crippen molar-refractivity contribution in [2.24, 2.45) is 0 Å². The lowest BCUT2D eigenvalue weighted by molar-refractivity contribution is -0.142. The second kappa shape index (κ2) is 4.39. The number of hydrogen-bond acceptors (Lipinski definition) is 5. The van der Waals surface area contributed by atoms with Crippen LogP contribution in [0.5, 0.6) is 0 Å². The van der Waals surface area contributed by atoms with E-state index in [1.54, 1.807) is 6.92 Å². The summed E-state index contributed by atoms with van der Waals surface area (Å²) in [5.41, 5.74) is 0. The predicted octanol–water partition coefficient (Wildman–Crippen LogP) is 0.818. The molecule has 0 spiro atoms. The maximum Gasteiger partial charge on any atom is 0.313 e. The van der Waals surface area contributed by atoms with Crippen LogP contribution in [0.4, 0.5) is 0 Å². The van der Waals surface area contributed by atoms with Gasteiger partial charge in [-0.05, 0) is 13.0 Å². The number of esters is 1. The molecule has 0 radical (unpaired) electrons. The van der Waals surface area contributed by atoms with E-state index in [1.165, 1.54) is 6.08 Å². The number of nitrogens with zero attached hydrogens (tertiary/aromatic N) is 2. The second-order valence-electron chi connectivity index (χ2n) is 2.23. The summed E-state index contributed by atoms with van der Waals surface area (Å²) in [6, 6.07) is 0. The molecule has 0 saturated carbocycles. The lowest BCUT2D eigenvalue weighted by Crippen LogP contribution is -2.08. The third-order valence-electron chi connectivity index (χ3n) is 1.27. The van der Waals surface area contributed by atoms with Crippen molar-refractivity contribution in [2.45, 2.75) is 13.3 Å². The summed E-state index contributed by atoms with van der Waals surface area (Å²) in [5, 5.41) is 3.55. The number of carbonyl (C=O) groups excluding carboxylic acids is 1. The van der Waals surface area contributed by atoms with E-state index in [-0.39, 0.29) is 12.4 Å². The quantitative estimate of drug-likeness (QED) is 0.645. The molecule has 5 heteroatoms. The summed E-state index contributed by atoms with van der Waals surface area (Å²) in [7, 11) is 0. The number of rotatable bonds is 4. The van der Waals surface area contributed by atoms with Crippen molar-refractivity contribution in [3.8, 4) is 0 Å². The highest BCUT2D eigenvalue weighted by atomic mass is 16.5. The highest BCUT2D eigenvalue weighted by molar-refractivity contribution is 5.71. The van der Waals surface area contributed by atoms with Gasteiger partial charge in [0.15, 0.2) is 5.82 Å². The second-order valence-corrected chi connectivity index (χ2v) is 2.23. The maximum absolute atomic E-state index is 10.9. The van der Waals surface area contributed by atoms with Crippen LogP contribution in [-0.2, 0) is 16.0 Å². The van der Waals surface area contributed by atoms with Gasteiger partial charge in [-0.3, -0.25) is 4.79 Å². The summed E-state index contributed by atoms with van der Waals surface area (Å²) < 4.78 is 9.41. The van der Waals surface area contributed by atoms with Gasteiger partial charge < -0.3 is 9.26 Å². The van der Waals surface area contributed by atoms with Gasteiger partial charge in [0.05, 0.1) is 6.61 Å². The molecule has 0 atom stereocenters. The van der Waals surface area contributed by atoms with Crippen molar-refractivity contribution in [1.82, 2.24) is 10.1 Å². The lowest BCUT2D eigenvalue weighted by Gasteiger charge is -1.96. The van der Waals surface area contributed by atoms with Crippen LogP contribution in [-0.4, -0.2) is 22.7 Å². The molecular formula is C8H10N2O3. The SMILES string of the molecule is C=Cc1nc(CC(=O)OCC)no1. The number of carbonyl (C=O) groups is 1. The molecule has 0 aliphatic rings. The first-order valence-electron chi connectivity index (χ1n) is 3.87. The highest BCUT2D eigenvalue weighted by Gasteiger charge is 2.09. The Bertz CT molecular complexity index is 306. The molecule has 1 rings (SSSR count). The fraction of sp³-hybridized carbons (Fsp3) is 0.375. The molecule has 0 N–H and O–H groups in total. The van der Waals surface area contributed by atoms with Crippen LogP contribution in [0.15, 0.2) is 11.1 Å². The van der Waals surface area contributed by atoms with Gasteiger partial charge in [0, 0.05) is 0 Å². The summed E-state index contributed by atoms with van der Waals surface area (Å²) in [6.07, 6.45) is 1.45. The molecule has 1 heterocycles. The third kappa shape index (κ3) is 2.70. The highest BCUT2D eigenvalue weighted by Crippen LogP contribution is 1.99. The Hall–Kier alpha value is -1.65. The van der Waals surface area contributed by atoms with E-state index in [0.29, 0.717) is 18.3 Å². The zero-order valence-electron chi connectivity index (χ0n) is 7.32. The van der Waals surface area contributed by atoms with Gasteiger partial charge in [-0.25, -0.2) is 0 Å². The van der Waals surface area contributed by atoms with E-state index >= 15 is 0 Å². The van der Waals surface area contributed by atoms with Crippen LogP contribution in [0, 0.1) is 0 Å². The van der Waals surface area contributed by atoms with Gasteiger partial charge >= 0.3 is 5.97 Å². The van der Waals surface area contributed by atoms with E-state index in [4.69, 9.17) is 9.26 Å². The topological polar surface area (TPSA) is 65.2 Å². The molecule has 0 aliphatic heterocycles. The molecular weight excluding hydrogens is 172 g/mol. The first-order valence-corrected chi connectivity index (χ1v) is 3.87. The van der Waals surface area contributed by atoms with Gasteiger partial charge in [0.25, 0.3) is 0 Å². The summed E-state index contributed by atoms with van der Waals surface area (Å²) in [6.45, 7) is 5.54. The Labute approximate surface area is 75.4 Å². The Balaban J connectivity index is 2.53. The first-order chi connectivity index (χ1) is 6.26. The van der Waals surface area contributed by atoms with Crippen molar-refractivity contribution in [3.63, 3.8) is 0 Å². The number of aromatic nitrogens is 2. The van der Waals surface area contributed by atoms with Crippen molar-refractivity contribution in [3.05, 3.63) is 18.3 Å². The smallest absolute Gasteiger partial charge is 0.313 e. The van der Waals surface area contributed by atoms with Crippen LogP contribution in [0.3, 0.4) is 0 Å². The lowest BCUT2D eigenvalue weighted by atomic mass is 10.4. The monoisotopic (exact) mass is 182 g/mol. The largest absolute Gasteiger partial charge is 0.466 e. The van der Waals surface area contributed by atoms with E-state index in [9.17, 15) is 4.79 Å². The molecule has 0 amide bonds. The van der Waals surface area contributed by atoms with Crippen LogP contribution < -0.4 is 0 Å². The minimum absolute atomic E-state index is 0.0329. The van der Waals surface area contributed by atoms with Gasteiger partial charge in [-0.15, -0.1) is 0 Å². The molecule has 1 aromatic rings. The third-order valence-corrected chi connectivity index (χ3v) is 1.27. The minimum atomic E-state index is -0.362. The van der Waals surface area contributed by atoms with Gasteiger partial charge in [-0.1, -0.05) is 11.7 Å². The molecule has 5 nitrogen and oxygen atoms in total. The van der Waals surface area contributed by atoms with Crippen LogP contribution >= 0.6 is 0 Å². The van der Waals surface area contributed by atoms with E-state index in [0.717, 1.165) is 0 Å². The average Bonchev–Trinajstić information content (AvgIpc) is 2.52. The van der Waals surface area contributed by atoms with Gasteiger partial charge in [-0.2, -0.15) is 4.98 Å². The molecule has 0 unspecified atom stereocenters. The van der Waals surface area contributed by atoms with Crippen LogP contribution in [0.25, 0.3) is 6.08 Å². The molecule has 13 heavy (non-hydrogen) atoms. The van der Waals surface area contributed by atoms with E-state index in [2.05, 4.69) is 16.7 Å². The van der Waals surface area contributed by atoms with Crippen molar-refractivity contribution in [2.75, 3.05) is 6.61 Å². The Kier molecular flexibility index (Phi) is 3.19. The minimum Gasteiger partial charge on any atom is -0.466 e. The fourth-order valence-corrected chi connectivity index (χ4v) is 0.763. The molecule has 0 fully saturated rings. The number of hydrogen-bond donors (Lipinski definition) is 0. The Morgan fingerprint density at radius 1 is 1.77 bits per heavy atom. The van der Waals surface area contributed by atoms with Crippen molar-refractivity contribution >= 4 is 12.0 Å². The molecule has 0 saturated heterocycles. The predicted molar refractivity (Wildman–Crippen MR) is 44.7 cm³/mol. The Morgan fingerprint density at radius 2 is 2.54 bits per heavy atom. The molecule has 0 aliphatic carbocycles. The summed E-state index contributed by atoms with van der Waals surface area (Å²) in [4.78, 5) is 14.8. The number of ether oxygens (including phenoxy) is 1. The van der Waals surface area contributed by atoms with Gasteiger partial charge in [0.2, 0.25) is 5.89 Å². The molecule has 70 valence electrons. The van der Waals surface area contributed by atoms with Crippen LogP contribution in [0.1, 0.15) is 18.6 Å². The van der Waals surface area contributed by atoms with Gasteiger partial charge in [0.1, 0.15) is 6.42 Å².